The molecule has 0 spiro atoms. The van der Waals surface area contributed by atoms with Crippen LogP contribution in [0.4, 0.5) is 0 Å². The molecule has 2 nitrogen and oxygen atoms in total. The molecule has 1 unspecified atom stereocenters. The van der Waals surface area contributed by atoms with Crippen LogP contribution in [0.15, 0.2) is 0 Å². The van der Waals surface area contributed by atoms with E-state index < -0.39 is 0 Å². The first-order valence-electron chi connectivity index (χ1n) is 3.85. The van der Waals surface area contributed by atoms with E-state index in [9.17, 15) is 4.79 Å². The fourth-order valence-corrected chi connectivity index (χ4v) is 1.46. The van der Waals surface area contributed by atoms with E-state index in [0.717, 1.165) is 19.4 Å². The summed E-state index contributed by atoms with van der Waals surface area (Å²) in [7, 11) is 3.63. The van der Waals surface area contributed by atoms with E-state index in [1.165, 1.54) is 6.42 Å². The first-order chi connectivity index (χ1) is 4.74. The quantitative estimate of drug-likeness (QED) is 0.568. The Labute approximate surface area is 62.2 Å². The minimum Gasteiger partial charge on any atom is -0.341 e. The molecule has 2 heteroatoms. The molecular weight excluding hydrogens is 126 g/mol. The van der Waals surface area contributed by atoms with E-state index in [4.69, 9.17) is 0 Å². The van der Waals surface area contributed by atoms with E-state index in [-0.39, 0.29) is 5.91 Å². The maximum atomic E-state index is 10.9. The van der Waals surface area contributed by atoms with Crippen LogP contribution in [-0.2, 0) is 4.79 Å². The van der Waals surface area contributed by atoms with E-state index in [0.29, 0.717) is 5.92 Å². The average molecular weight is 140 g/mol. The van der Waals surface area contributed by atoms with E-state index in [1.54, 1.807) is 4.90 Å². The lowest BCUT2D eigenvalue weighted by Gasteiger charge is -2.07. The molecule has 1 fully saturated rings. The molecule has 57 valence electrons. The standard InChI is InChI=1S/C8H14NO/c1-3-4-7-5-8(10)9(2)6-7/h7H,2-6H2,1H3. The van der Waals surface area contributed by atoms with Gasteiger partial charge in [-0.05, 0) is 12.3 Å². The van der Waals surface area contributed by atoms with Crippen LogP contribution in [0.25, 0.3) is 0 Å². The Morgan fingerprint density at radius 2 is 2.50 bits per heavy atom. The van der Waals surface area contributed by atoms with E-state index >= 15 is 0 Å². The zero-order valence-electron chi connectivity index (χ0n) is 6.47. The van der Waals surface area contributed by atoms with Crippen molar-refractivity contribution in [2.45, 2.75) is 26.2 Å². The fraction of sp³-hybridized carbons (Fsp3) is 0.750. The highest BCUT2D eigenvalue weighted by atomic mass is 16.2. The molecule has 0 aromatic rings. The number of carbonyl (C=O) groups excluding carboxylic acids is 1. The van der Waals surface area contributed by atoms with Gasteiger partial charge in [-0.3, -0.25) is 4.79 Å². The van der Waals surface area contributed by atoms with Crippen LogP contribution in [0.5, 0.6) is 0 Å². The van der Waals surface area contributed by atoms with Crippen molar-refractivity contribution in [2.75, 3.05) is 6.54 Å². The Morgan fingerprint density at radius 3 is 2.90 bits per heavy atom. The van der Waals surface area contributed by atoms with Crippen LogP contribution in [0.2, 0.25) is 0 Å². The molecule has 1 atom stereocenters. The molecule has 1 rings (SSSR count). The molecule has 10 heavy (non-hydrogen) atoms. The van der Waals surface area contributed by atoms with Gasteiger partial charge in [-0.1, -0.05) is 13.3 Å². The highest BCUT2D eigenvalue weighted by molar-refractivity contribution is 5.78. The molecule has 1 saturated heterocycles. The molecule has 0 N–H and O–H groups in total. The van der Waals surface area contributed by atoms with Gasteiger partial charge < -0.3 is 4.90 Å². The van der Waals surface area contributed by atoms with Gasteiger partial charge in [-0.2, -0.15) is 0 Å². The number of likely N-dealkylation sites (tertiary alicyclic amines) is 1. The molecule has 1 aliphatic rings. The van der Waals surface area contributed by atoms with Gasteiger partial charge in [0.05, 0.1) is 0 Å². The average Bonchev–Trinajstić information content (AvgIpc) is 2.14. The van der Waals surface area contributed by atoms with Crippen LogP contribution in [0, 0.1) is 13.0 Å². The Bertz CT molecular complexity index is 133. The third-order valence-electron chi connectivity index (χ3n) is 1.99. The highest BCUT2D eigenvalue weighted by Crippen LogP contribution is 2.20. The summed E-state index contributed by atoms with van der Waals surface area (Å²) >= 11 is 0. The summed E-state index contributed by atoms with van der Waals surface area (Å²) in [6.07, 6.45) is 3.06. The lowest BCUT2D eigenvalue weighted by molar-refractivity contribution is -0.125. The zero-order valence-corrected chi connectivity index (χ0v) is 6.47. The normalized spacial score (nSPS) is 26.0. The lowest BCUT2D eigenvalue weighted by atomic mass is 10.0. The van der Waals surface area contributed by atoms with Crippen LogP contribution in [0.1, 0.15) is 26.2 Å². The van der Waals surface area contributed by atoms with E-state index in [2.05, 4.69) is 14.0 Å². The van der Waals surface area contributed by atoms with Gasteiger partial charge in [-0.15, -0.1) is 0 Å². The summed E-state index contributed by atoms with van der Waals surface area (Å²) in [5, 5.41) is 0. The molecule has 0 aromatic heterocycles. The molecule has 0 bridgehead atoms. The van der Waals surface area contributed by atoms with Gasteiger partial charge in [0.15, 0.2) is 0 Å². The summed E-state index contributed by atoms with van der Waals surface area (Å²) in [4.78, 5) is 12.5. The maximum Gasteiger partial charge on any atom is 0.222 e. The minimum absolute atomic E-state index is 0.207. The van der Waals surface area contributed by atoms with Crippen LogP contribution >= 0.6 is 0 Å². The molecule has 1 radical (unpaired) electrons. The zero-order chi connectivity index (χ0) is 7.56. The summed E-state index contributed by atoms with van der Waals surface area (Å²) in [5.74, 6) is 0.786. The molecule has 0 aliphatic carbocycles. The summed E-state index contributed by atoms with van der Waals surface area (Å²) in [6.45, 7) is 3.02. The molecular formula is C8H14NO. The lowest BCUT2D eigenvalue weighted by Crippen LogP contribution is -2.16. The second kappa shape index (κ2) is 3.04. The third-order valence-corrected chi connectivity index (χ3v) is 1.99. The van der Waals surface area contributed by atoms with Crippen molar-refractivity contribution in [1.82, 2.24) is 4.90 Å². The molecule has 1 amide bonds. The molecule has 1 aliphatic heterocycles. The van der Waals surface area contributed by atoms with Gasteiger partial charge in [0.2, 0.25) is 5.91 Å². The van der Waals surface area contributed by atoms with Gasteiger partial charge in [0, 0.05) is 20.0 Å². The van der Waals surface area contributed by atoms with Crippen LogP contribution in [-0.4, -0.2) is 17.4 Å². The second-order valence-corrected chi connectivity index (χ2v) is 2.97. The van der Waals surface area contributed by atoms with Gasteiger partial charge in [0.25, 0.3) is 0 Å². The van der Waals surface area contributed by atoms with E-state index in [1.807, 2.05) is 0 Å². The number of hydrogen-bond acceptors (Lipinski definition) is 1. The predicted octanol–water partition coefficient (Wildman–Crippen LogP) is 1.43. The van der Waals surface area contributed by atoms with Crippen LogP contribution in [0.3, 0.4) is 0 Å². The first kappa shape index (κ1) is 7.58. The van der Waals surface area contributed by atoms with Gasteiger partial charge in [0.1, 0.15) is 0 Å². The fourth-order valence-electron chi connectivity index (χ4n) is 1.46. The largest absolute Gasteiger partial charge is 0.341 e. The first-order valence-corrected chi connectivity index (χ1v) is 3.85. The number of carbonyl (C=O) groups is 1. The smallest absolute Gasteiger partial charge is 0.222 e. The summed E-state index contributed by atoms with van der Waals surface area (Å²) in [5.41, 5.74) is 0. The summed E-state index contributed by atoms with van der Waals surface area (Å²) in [6, 6.07) is 0. The number of nitrogens with zero attached hydrogens (tertiary/aromatic N) is 1. The van der Waals surface area contributed by atoms with Crippen molar-refractivity contribution in [3.05, 3.63) is 7.05 Å². The topological polar surface area (TPSA) is 20.3 Å². The predicted molar refractivity (Wildman–Crippen MR) is 40.1 cm³/mol. The minimum atomic E-state index is 0.207. The molecule has 1 heterocycles. The Balaban J connectivity index is 2.34. The summed E-state index contributed by atoms with van der Waals surface area (Å²) < 4.78 is 0. The van der Waals surface area contributed by atoms with Crippen molar-refractivity contribution in [2.24, 2.45) is 5.92 Å². The van der Waals surface area contributed by atoms with Crippen molar-refractivity contribution < 1.29 is 4.79 Å². The SMILES string of the molecule is [CH2]N1CC(CCC)CC1=O. The van der Waals surface area contributed by atoms with Crippen molar-refractivity contribution >= 4 is 5.91 Å². The number of amides is 1. The van der Waals surface area contributed by atoms with Gasteiger partial charge in [-0.25, -0.2) is 0 Å². The molecule has 0 saturated carbocycles. The highest BCUT2D eigenvalue weighted by Gasteiger charge is 2.25. The monoisotopic (exact) mass is 140 g/mol. The van der Waals surface area contributed by atoms with Gasteiger partial charge >= 0.3 is 0 Å². The van der Waals surface area contributed by atoms with Crippen LogP contribution < -0.4 is 0 Å². The number of hydrogen-bond donors (Lipinski definition) is 0. The Kier molecular flexibility index (Phi) is 2.30. The Morgan fingerprint density at radius 1 is 1.80 bits per heavy atom. The second-order valence-electron chi connectivity index (χ2n) is 2.97. The Hall–Kier alpha value is -0.530. The van der Waals surface area contributed by atoms with Crippen molar-refractivity contribution in [3.8, 4) is 0 Å². The maximum absolute atomic E-state index is 10.9. The number of rotatable bonds is 2. The molecule has 0 aromatic carbocycles. The third kappa shape index (κ3) is 1.49. The van der Waals surface area contributed by atoms with Crippen molar-refractivity contribution in [3.63, 3.8) is 0 Å². The van der Waals surface area contributed by atoms with Crippen molar-refractivity contribution in [1.29, 1.82) is 0 Å².